The molecule has 4 nitrogen and oxygen atoms in total. The molecule has 0 unspecified atom stereocenters. The molecule has 25 heavy (non-hydrogen) atoms. The summed E-state index contributed by atoms with van der Waals surface area (Å²) in [5.41, 5.74) is 6.00. The van der Waals surface area contributed by atoms with E-state index in [0.717, 1.165) is 37.0 Å². The lowest BCUT2D eigenvalue weighted by molar-refractivity contribution is -0.126. The number of carbonyl (C=O) groups excluding carboxylic acids is 1. The molecule has 0 atom stereocenters. The Kier molecular flexibility index (Phi) is 5.15. The molecule has 0 radical (unpaired) electrons. The zero-order valence-electron chi connectivity index (χ0n) is 15.4. The predicted molar refractivity (Wildman–Crippen MR) is 102 cm³/mol. The minimum Gasteiger partial charge on any atom is -0.358 e. The van der Waals surface area contributed by atoms with Gasteiger partial charge >= 0.3 is 0 Å². The summed E-state index contributed by atoms with van der Waals surface area (Å²) in [6, 6.07) is 4.37. The highest BCUT2D eigenvalue weighted by atomic mass is 16.1. The number of nitrogens with one attached hydrogen (secondary N) is 2. The van der Waals surface area contributed by atoms with Crippen LogP contribution in [-0.4, -0.2) is 35.4 Å². The van der Waals surface area contributed by atoms with E-state index in [4.69, 9.17) is 6.42 Å². The number of amides is 1. The van der Waals surface area contributed by atoms with Crippen molar-refractivity contribution in [1.29, 1.82) is 0 Å². The Morgan fingerprint density at radius 3 is 2.72 bits per heavy atom. The van der Waals surface area contributed by atoms with Crippen molar-refractivity contribution >= 4 is 16.8 Å². The number of hydrogen-bond donors (Lipinski definition) is 2. The molecule has 2 aromatic rings. The fourth-order valence-electron chi connectivity index (χ4n) is 3.74. The number of fused-ring (bicyclic) bond motifs is 1. The van der Waals surface area contributed by atoms with Crippen molar-refractivity contribution in [1.82, 2.24) is 15.2 Å². The second kappa shape index (κ2) is 7.33. The molecule has 0 aliphatic carbocycles. The summed E-state index contributed by atoms with van der Waals surface area (Å²) in [4.78, 5) is 18.3. The number of piperidine rings is 1. The largest absolute Gasteiger partial charge is 0.358 e. The van der Waals surface area contributed by atoms with Gasteiger partial charge in [-0.25, -0.2) is 0 Å². The van der Waals surface area contributed by atoms with Crippen LogP contribution in [0.3, 0.4) is 0 Å². The highest BCUT2D eigenvalue weighted by molar-refractivity contribution is 5.88. The van der Waals surface area contributed by atoms with E-state index in [0.29, 0.717) is 13.1 Å². The van der Waals surface area contributed by atoms with Crippen LogP contribution < -0.4 is 5.32 Å². The molecule has 1 aromatic carbocycles. The summed E-state index contributed by atoms with van der Waals surface area (Å²) in [7, 11) is 0. The first-order valence-electron chi connectivity index (χ1n) is 9.01. The Morgan fingerprint density at radius 1 is 1.32 bits per heavy atom. The Hall–Kier alpha value is -2.25. The zero-order valence-corrected chi connectivity index (χ0v) is 15.4. The molecule has 0 spiro atoms. The summed E-state index contributed by atoms with van der Waals surface area (Å²) in [6.07, 6.45) is 7.13. The molecule has 1 amide bonds. The molecule has 1 aliphatic rings. The standard InChI is InChI=1S/C21H27N3O/c1-5-8-24-9-6-17(7-10-24)21(25)22-13-18-11-14(2)12-19-15(3)16(4)23-20(18)19/h1,11-12,17,23H,6-10,13H2,2-4H3,(H,22,25). The third kappa shape index (κ3) is 3.72. The van der Waals surface area contributed by atoms with Gasteiger partial charge in [0, 0.05) is 23.5 Å². The summed E-state index contributed by atoms with van der Waals surface area (Å²) in [6.45, 7) is 9.41. The van der Waals surface area contributed by atoms with Crippen LogP contribution in [0.15, 0.2) is 12.1 Å². The molecule has 0 bridgehead atoms. The van der Waals surface area contributed by atoms with Crippen molar-refractivity contribution in [2.45, 2.75) is 40.2 Å². The molecular formula is C21H27N3O. The van der Waals surface area contributed by atoms with Gasteiger partial charge in [0.15, 0.2) is 0 Å². The molecule has 2 N–H and O–H groups in total. The van der Waals surface area contributed by atoms with Crippen LogP contribution in [0.25, 0.3) is 10.9 Å². The topological polar surface area (TPSA) is 48.1 Å². The molecule has 1 fully saturated rings. The molecule has 1 saturated heterocycles. The van der Waals surface area contributed by atoms with Crippen molar-refractivity contribution < 1.29 is 4.79 Å². The van der Waals surface area contributed by atoms with Gasteiger partial charge in [-0.15, -0.1) is 6.42 Å². The van der Waals surface area contributed by atoms with Crippen molar-refractivity contribution in [3.8, 4) is 12.3 Å². The maximum Gasteiger partial charge on any atom is 0.223 e. The quantitative estimate of drug-likeness (QED) is 0.843. The van der Waals surface area contributed by atoms with E-state index < -0.39 is 0 Å². The van der Waals surface area contributed by atoms with Gasteiger partial charge in [0.1, 0.15) is 0 Å². The van der Waals surface area contributed by atoms with Crippen LogP contribution in [0, 0.1) is 39.0 Å². The molecule has 1 aromatic heterocycles. The van der Waals surface area contributed by atoms with E-state index in [1.807, 2.05) is 0 Å². The van der Waals surface area contributed by atoms with Gasteiger partial charge in [-0.3, -0.25) is 9.69 Å². The average Bonchev–Trinajstić information content (AvgIpc) is 2.88. The monoisotopic (exact) mass is 337 g/mol. The Morgan fingerprint density at radius 2 is 2.04 bits per heavy atom. The third-order valence-electron chi connectivity index (χ3n) is 5.37. The summed E-state index contributed by atoms with van der Waals surface area (Å²) in [5.74, 6) is 2.94. The minimum absolute atomic E-state index is 0.0986. The Balaban J connectivity index is 1.66. The van der Waals surface area contributed by atoms with Crippen molar-refractivity contribution in [2.24, 2.45) is 5.92 Å². The van der Waals surface area contributed by atoms with Crippen LogP contribution in [0.5, 0.6) is 0 Å². The molecular weight excluding hydrogens is 310 g/mol. The molecule has 3 rings (SSSR count). The second-order valence-corrected chi connectivity index (χ2v) is 7.19. The highest BCUT2D eigenvalue weighted by Gasteiger charge is 2.24. The lowest BCUT2D eigenvalue weighted by atomic mass is 9.95. The Labute approximate surface area is 150 Å². The molecule has 4 heteroatoms. The van der Waals surface area contributed by atoms with E-state index in [1.54, 1.807) is 0 Å². The van der Waals surface area contributed by atoms with Crippen molar-refractivity contribution in [3.63, 3.8) is 0 Å². The predicted octanol–water partition coefficient (Wildman–Crippen LogP) is 3.05. The summed E-state index contributed by atoms with van der Waals surface area (Å²) < 4.78 is 0. The van der Waals surface area contributed by atoms with Gasteiger partial charge in [-0.2, -0.15) is 0 Å². The van der Waals surface area contributed by atoms with Gasteiger partial charge < -0.3 is 10.3 Å². The first-order chi connectivity index (χ1) is 12.0. The molecule has 2 heterocycles. The highest BCUT2D eigenvalue weighted by Crippen LogP contribution is 2.26. The van der Waals surface area contributed by atoms with Crippen LogP contribution in [0.1, 0.15) is 35.2 Å². The van der Waals surface area contributed by atoms with E-state index in [1.165, 1.54) is 22.2 Å². The van der Waals surface area contributed by atoms with Gasteiger partial charge in [0.2, 0.25) is 5.91 Å². The van der Waals surface area contributed by atoms with Gasteiger partial charge in [-0.1, -0.05) is 17.6 Å². The van der Waals surface area contributed by atoms with Gasteiger partial charge in [0.25, 0.3) is 0 Å². The number of H-pyrrole nitrogens is 1. The van der Waals surface area contributed by atoms with Crippen molar-refractivity contribution in [2.75, 3.05) is 19.6 Å². The first-order valence-corrected chi connectivity index (χ1v) is 9.01. The normalized spacial score (nSPS) is 16.1. The number of hydrogen-bond acceptors (Lipinski definition) is 2. The fourth-order valence-corrected chi connectivity index (χ4v) is 3.74. The number of carbonyl (C=O) groups is 1. The number of rotatable bonds is 4. The SMILES string of the molecule is C#CCN1CCC(C(=O)NCc2cc(C)cc3c(C)c(C)[nH]c23)CC1. The van der Waals surface area contributed by atoms with E-state index >= 15 is 0 Å². The van der Waals surface area contributed by atoms with Gasteiger partial charge in [0.05, 0.1) is 12.1 Å². The third-order valence-corrected chi connectivity index (χ3v) is 5.37. The van der Waals surface area contributed by atoms with E-state index in [2.05, 4.69) is 54.0 Å². The van der Waals surface area contributed by atoms with Crippen LogP contribution >= 0.6 is 0 Å². The number of aromatic nitrogens is 1. The maximum absolute atomic E-state index is 12.5. The van der Waals surface area contributed by atoms with Crippen LogP contribution in [0.4, 0.5) is 0 Å². The maximum atomic E-state index is 12.5. The lowest BCUT2D eigenvalue weighted by Gasteiger charge is -2.29. The number of likely N-dealkylation sites (tertiary alicyclic amines) is 1. The van der Waals surface area contributed by atoms with Gasteiger partial charge in [-0.05, 0) is 63.9 Å². The number of aryl methyl sites for hydroxylation is 3. The summed E-state index contributed by atoms with van der Waals surface area (Å²) in [5, 5.41) is 4.40. The smallest absolute Gasteiger partial charge is 0.223 e. The molecule has 132 valence electrons. The molecule has 0 saturated carbocycles. The number of aromatic amines is 1. The number of benzene rings is 1. The van der Waals surface area contributed by atoms with E-state index in [9.17, 15) is 4.79 Å². The van der Waals surface area contributed by atoms with Crippen molar-refractivity contribution in [3.05, 3.63) is 34.5 Å². The fraction of sp³-hybridized carbons (Fsp3) is 0.476. The summed E-state index contributed by atoms with van der Waals surface area (Å²) >= 11 is 0. The molecule has 1 aliphatic heterocycles. The van der Waals surface area contributed by atoms with E-state index in [-0.39, 0.29) is 11.8 Å². The first kappa shape index (κ1) is 17.6. The number of nitrogens with zero attached hydrogens (tertiary/aromatic N) is 1. The lowest BCUT2D eigenvalue weighted by Crippen LogP contribution is -2.40. The van der Waals surface area contributed by atoms with Crippen LogP contribution in [-0.2, 0) is 11.3 Å². The van der Waals surface area contributed by atoms with Crippen LogP contribution in [0.2, 0.25) is 0 Å². The average molecular weight is 337 g/mol. The second-order valence-electron chi connectivity index (χ2n) is 7.19. The Bertz CT molecular complexity index is 820. The zero-order chi connectivity index (χ0) is 18.0. The minimum atomic E-state index is 0.0986. The number of terminal acetylenes is 1.